The molecule has 0 saturated heterocycles. The molecule has 0 aliphatic rings. The molecule has 1 N–H and O–H groups in total. The summed E-state index contributed by atoms with van der Waals surface area (Å²) in [5.41, 5.74) is -0.543. The van der Waals surface area contributed by atoms with Gasteiger partial charge in [0.1, 0.15) is 12.4 Å². The van der Waals surface area contributed by atoms with Crippen molar-refractivity contribution in [1.29, 1.82) is 0 Å². The molecule has 0 bridgehead atoms. The molecule has 0 fully saturated rings. The number of ether oxygens (including phenoxy) is 1. The van der Waals surface area contributed by atoms with Gasteiger partial charge >= 0.3 is 17.8 Å². The fourth-order valence-corrected chi connectivity index (χ4v) is 4.14. The smallest absolute Gasteiger partial charge is 0.416 e. The second-order valence-corrected chi connectivity index (χ2v) is 9.43. The van der Waals surface area contributed by atoms with E-state index in [2.05, 4.69) is 15.2 Å². The van der Waals surface area contributed by atoms with Gasteiger partial charge < -0.3 is 9.84 Å². The number of hydrogen-bond acceptors (Lipinski definition) is 7. The quantitative estimate of drug-likeness (QED) is 0.235. The minimum atomic E-state index is -4.99. The van der Waals surface area contributed by atoms with E-state index in [0.717, 1.165) is 16.8 Å². The number of carbonyl (C=O) groups is 1. The maximum absolute atomic E-state index is 13.7. The normalized spacial score (nSPS) is 13.3. The fraction of sp³-hybridized carbons (Fsp3) is 0.292. The number of hydrogen-bond donors (Lipinski definition) is 1. The zero-order valence-electron chi connectivity index (χ0n) is 20.7. The lowest BCUT2D eigenvalue weighted by molar-refractivity contribution is -0.207. The van der Waals surface area contributed by atoms with E-state index >= 15 is 0 Å². The van der Waals surface area contributed by atoms with Crippen molar-refractivity contribution in [3.05, 3.63) is 80.5 Å². The number of esters is 1. The van der Waals surface area contributed by atoms with Crippen LogP contribution in [0.25, 0.3) is 17.1 Å². The molecule has 2 aromatic heterocycles. The van der Waals surface area contributed by atoms with Crippen molar-refractivity contribution in [2.24, 2.45) is 0 Å². The number of aromatic nitrogens is 6. The second-order valence-electron chi connectivity index (χ2n) is 8.58. The second kappa shape index (κ2) is 11.4. The SMILES string of the molecule is CC(=O)OC(C)c1nc(Cn2nc(-c3ccc(Cl)cc3)n(C[C@H](O)C(F)(F)F)c2=O)nn1-c1ccc(F)cc1Cl. The number of aliphatic hydroxyl groups is 1. The Balaban J connectivity index is 1.80. The minimum absolute atomic E-state index is 0.0414. The largest absolute Gasteiger partial charge is 0.455 e. The van der Waals surface area contributed by atoms with Crippen molar-refractivity contribution in [2.75, 3.05) is 0 Å². The van der Waals surface area contributed by atoms with Crippen LogP contribution in [-0.2, 0) is 22.6 Å². The van der Waals surface area contributed by atoms with E-state index in [1.54, 1.807) is 0 Å². The average Bonchev–Trinajstić information content (AvgIpc) is 3.40. The van der Waals surface area contributed by atoms with Crippen LogP contribution < -0.4 is 5.69 Å². The van der Waals surface area contributed by atoms with Crippen LogP contribution in [0.15, 0.2) is 47.3 Å². The van der Waals surface area contributed by atoms with Crippen LogP contribution in [0.1, 0.15) is 31.6 Å². The van der Waals surface area contributed by atoms with Gasteiger partial charge in [-0.05, 0) is 49.4 Å². The Morgan fingerprint density at radius 3 is 2.40 bits per heavy atom. The number of benzene rings is 2. The van der Waals surface area contributed by atoms with Crippen molar-refractivity contribution < 1.29 is 32.2 Å². The molecule has 0 aliphatic heterocycles. The molecule has 0 saturated carbocycles. The van der Waals surface area contributed by atoms with Crippen molar-refractivity contribution in [3.63, 3.8) is 0 Å². The van der Waals surface area contributed by atoms with Crippen molar-refractivity contribution >= 4 is 29.2 Å². The Morgan fingerprint density at radius 2 is 1.80 bits per heavy atom. The van der Waals surface area contributed by atoms with Crippen LogP contribution in [-0.4, -0.2) is 52.5 Å². The highest BCUT2D eigenvalue weighted by Crippen LogP contribution is 2.27. The third-order valence-electron chi connectivity index (χ3n) is 5.57. The Bertz CT molecular complexity index is 1600. The molecule has 40 heavy (non-hydrogen) atoms. The molecule has 0 amide bonds. The van der Waals surface area contributed by atoms with E-state index in [9.17, 15) is 32.3 Å². The molecule has 1 unspecified atom stereocenters. The van der Waals surface area contributed by atoms with Gasteiger partial charge in [-0.3, -0.25) is 9.36 Å². The monoisotopic (exact) mass is 602 g/mol. The number of rotatable bonds is 8. The molecule has 10 nitrogen and oxygen atoms in total. The lowest BCUT2D eigenvalue weighted by atomic mass is 10.2. The molecule has 2 heterocycles. The van der Waals surface area contributed by atoms with Crippen LogP contribution >= 0.6 is 23.2 Å². The van der Waals surface area contributed by atoms with E-state index in [4.69, 9.17) is 27.9 Å². The van der Waals surface area contributed by atoms with Gasteiger partial charge in [0, 0.05) is 17.5 Å². The summed E-state index contributed by atoms with van der Waals surface area (Å²) in [4.78, 5) is 29.1. The highest BCUT2D eigenvalue weighted by Gasteiger charge is 2.39. The van der Waals surface area contributed by atoms with Gasteiger partial charge in [-0.25, -0.2) is 23.5 Å². The van der Waals surface area contributed by atoms with Crippen LogP contribution in [0, 0.1) is 5.82 Å². The molecule has 16 heteroatoms. The topological polar surface area (TPSA) is 117 Å². The molecule has 4 aromatic rings. The van der Waals surface area contributed by atoms with E-state index < -0.39 is 49.0 Å². The van der Waals surface area contributed by atoms with E-state index in [1.165, 1.54) is 48.9 Å². The lowest BCUT2D eigenvalue weighted by Gasteiger charge is -2.15. The van der Waals surface area contributed by atoms with Gasteiger partial charge in [0.25, 0.3) is 0 Å². The standard InChI is InChI=1S/C24H20Cl2F4N6O4/c1-12(40-13(2)37)21-31-20(32-36(21)18-8-7-16(27)9-17(18)26)11-35-23(39)34(10-19(38)24(28,29)30)22(33-35)14-3-5-15(25)6-4-14/h3-9,12,19,38H,10-11H2,1-2H3/t12?,19-/m0/s1. The van der Waals surface area contributed by atoms with Crippen LogP contribution in [0.4, 0.5) is 17.6 Å². The Hall–Kier alpha value is -3.75. The molecule has 0 radical (unpaired) electrons. The highest BCUT2D eigenvalue weighted by molar-refractivity contribution is 6.32. The molecular weight excluding hydrogens is 583 g/mol. The number of alkyl halides is 3. The van der Waals surface area contributed by atoms with Crippen LogP contribution in [0.2, 0.25) is 10.0 Å². The van der Waals surface area contributed by atoms with Crippen LogP contribution in [0.5, 0.6) is 0 Å². The highest BCUT2D eigenvalue weighted by atomic mass is 35.5. The first-order valence-electron chi connectivity index (χ1n) is 11.5. The summed E-state index contributed by atoms with van der Waals surface area (Å²) in [5.74, 6) is -1.40. The van der Waals surface area contributed by atoms with Gasteiger partial charge in [-0.1, -0.05) is 23.2 Å². The first-order chi connectivity index (χ1) is 18.7. The minimum Gasteiger partial charge on any atom is -0.455 e. The van der Waals surface area contributed by atoms with Crippen molar-refractivity contribution in [1.82, 2.24) is 29.1 Å². The average molecular weight is 603 g/mol. The first-order valence-corrected chi connectivity index (χ1v) is 12.3. The molecule has 0 spiro atoms. The maximum Gasteiger partial charge on any atom is 0.416 e. The Kier molecular flexibility index (Phi) is 8.33. The summed E-state index contributed by atoms with van der Waals surface area (Å²) in [6, 6.07) is 9.31. The zero-order valence-corrected chi connectivity index (χ0v) is 22.2. The Labute approximate surface area is 233 Å². The zero-order chi connectivity index (χ0) is 29.4. The Morgan fingerprint density at radius 1 is 1.12 bits per heavy atom. The lowest BCUT2D eigenvalue weighted by Crippen LogP contribution is -2.37. The molecule has 2 atom stereocenters. The van der Waals surface area contributed by atoms with E-state index in [1.807, 2.05) is 0 Å². The summed E-state index contributed by atoms with van der Waals surface area (Å²) < 4.78 is 61.0. The van der Waals surface area contributed by atoms with Gasteiger partial charge in [-0.2, -0.15) is 13.2 Å². The van der Waals surface area contributed by atoms with Gasteiger partial charge in [0.05, 0.1) is 17.3 Å². The number of nitrogens with zero attached hydrogens (tertiary/aromatic N) is 6. The molecule has 4 rings (SSSR count). The van der Waals surface area contributed by atoms with Gasteiger partial charge in [0.15, 0.2) is 29.7 Å². The van der Waals surface area contributed by atoms with E-state index in [-0.39, 0.29) is 33.7 Å². The van der Waals surface area contributed by atoms with Gasteiger partial charge in [0.2, 0.25) is 0 Å². The summed E-state index contributed by atoms with van der Waals surface area (Å²) in [6.45, 7) is 1.13. The molecule has 2 aromatic carbocycles. The maximum atomic E-state index is 13.7. The summed E-state index contributed by atoms with van der Waals surface area (Å²) in [5, 5.41) is 18.5. The third kappa shape index (κ3) is 6.35. The van der Waals surface area contributed by atoms with E-state index in [0.29, 0.717) is 9.59 Å². The summed E-state index contributed by atoms with van der Waals surface area (Å²) >= 11 is 12.1. The molecular formula is C24H20Cl2F4N6O4. The van der Waals surface area contributed by atoms with Crippen molar-refractivity contribution in [3.8, 4) is 17.1 Å². The predicted octanol–water partition coefficient (Wildman–Crippen LogP) is 4.33. The van der Waals surface area contributed by atoms with Gasteiger partial charge in [-0.15, -0.1) is 10.2 Å². The number of aliphatic hydroxyl groups excluding tert-OH is 1. The number of halogens is 6. The predicted molar refractivity (Wildman–Crippen MR) is 135 cm³/mol. The third-order valence-corrected chi connectivity index (χ3v) is 6.12. The van der Waals surface area contributed by atoms with Crippen LogP contribution in [0.3, 0.4) is 0 Å². The summed E-state index contributed by atoms with van der Waals surface area (Å²) in [7, 11) is 0. The fourth-order valence-electron chi connectivity index (χ4n) is 3.76. The first kappa shape index (κ1) is 29.2. The summed E-state index contributed by atoms with van der Waals surface area (Å²) in [6.07, 6.45) is -8.79. The number of carbonyl (C=O) groups excluding carboxylic acids is 1. The van der Waals surface area contributed by atoms with Crippen molar-refractivity contribution in [2.45, 2.75) is 45.3 Å². The molecule has 212 valence electrons. The molecule has 0 aliphatic carbocycles.